The van der Waals surface area contributed by atoms with Gasteiger partial charge in [0.1, 0.15) is 11.8 Å². The van der Waals surface area contributed by atoms with Gasteiger partial charge in [0.25, 0.3) is 0 Å². The van der Waals surface area contributed by atoms with E-state index in [1.54, 1.807) is 18.2 Å². The number of amides is 3. The maximum absolute atomic E-state index is 12.5. The van der Waals surface area contributed by atoms with Crippen molar-refractivity contribution < 1.29 is 27.9 Å². The molecule has 8 heteroatoms. The Balaban J connectivity index is 1.65. The molecule has 1 aliphatic carbocycles. The highest BCUT2D eigenvalue weighted by atomic mass is 19.3. The number of hydrogen-bond acceptors (Lipinski definition) is 4. The zero-order valence-electron chi connectivity index (χ0n) is 14.7. The van der Waals surface area contributed by atoms with E-state index in [2.05, 4.69) is 10.1 Å². The van der Waals surface area contributed by atoms with Crippen molar-refractivity contribution in [2.45, 2.75) is 39.0 Å². The van der Waals surface area contributed by atoms with E-state index in [1.807, 2.05) is 12.2 Å². The second kappa shape index (κ2) is 7.85. The molecule has 0 aromatic heterocycles. The van der Waals surface area contributed by atoms with Crippen LogP contribution in [-0.4, -0.2) is 35.3 Å². The number of carbonyl (C=O) groups is 3. The van der Waals surface area contributed by atoms with E-state index < -0.39 is 30.4 Å². The summed E-state index contributed by atoms with van der Waals surface area (Å²) in [5.74, 6) is -2.05. The van der Waals surface area contributed by atoms with Crippen LogP contribution in [0, 0.1) is 11.8 Å². The Bertz CT molecular complexity index is 755. The minimum absolute atomic E-state index is 0.0362. The van der Waals surface area contributed by atoms with Gasteiger partial charge in [-0.2, -0.15) is 8.78 Å². The second-order valence-corrected chi connectivity index (χ2v) is 6.58. The van der Waals surface area contributed by atoms with Gasteiger partial charge in [-0.25, -0.2) is 0 Å². The number of halogens is 2. The average Bonchev–Trinajstić information content (AvgIpc) is 2.91. The molecule has 3 atom stereocenters. The molecular weight excluding hydrogens is 358 g/mol. The predicted molar refractivity (Wildman–Crippen MR) is 91.6 cm³/mol. The molecular formula is C19H20F2N2O4. The largest absolute Gasteiger partial charge is 0.434 e. The van der Waals surface area contributed by atoms with Crippen molar-refractivity contribution in [1.29, 1.82) is 0 Å². The van der Waals surface area contributed by atoms with E-state index in [9.17, 15) is 23.2 Å². The van der Waals surface area contributed by atoms with Crippen molar-refractivity contribution in [3.05, 3.63) is 42.0 Å². The van der Waals surface area contributed by atoms with E-state index in [4.69, 9.17) is 0 Å². The number of nitrogens with one attached hydrogen (secondary N) is 1. The SMILES string of the molecule is CC(C(=O)NCc1ccccc1OC(F)F)N1C(=O)C2CC=CCC2C1=O. The third-order valence-corrected chi connectivity index (χ3v) is 4.95. The molecule has 1 aromatic rings. The number of benzene rings is 1. The fraction of sp³-hybridized carbons (Fsp3) is 0.421. The molecule has 1 saturated heterocycles. The fourth-order valence-corrected chi connectivity index (χ4v) is 3.52. The molecule has 0 radical (unpaired) electrons. The summed E-state index contributed by atoms with van der Waals surface area (Å²) in [6.07, 6.45) is 4.75. The Labute approximate surface area is 155 Å². The minimum Gasteiger partial charge on any atom is -0.434 e. The first-order chi connectivity index (χ1) is 12.9. The molecule has 1 aliphatic heterocycles. The molecule has 0 saturated carbocycles. The number of nitrogens with zero attached hydrogens (tertiary/aromatic N) is 1. The van der Waals surface area contributed by atoms with Gasteiger partial charge < -0.3 is 10.1 Å². The lowest BCUT2D eigenvalue weighted by Gasteiger charge is -2.22. The maximum atomic E-state index is 12.5. The molecule has 0 bridgehead atoms. The van der Waals surface area contributed by atoms with Crippen LogP contribution in [0.3, 0.4) is 0 Å². The number of alkyl halides is 2. The Morgan fingerprint density at radius 1 is 1.19 bits per heavy atom. The fourth-order valence-electron chi connectivity index (χ4n) is 3.52. The summed E-state index contributed by atoms with van der Waals surface area (Å²) in [6.45, 7) is -1.55. The number of hydrogen-bond donors (Lipinski definition) is 1. The predicted octanol–water partition coefficient (Wildman–Crippen LogP) is 2.24. The smallest absolute Gasteiger partial charge is 0.387 e. The maximum Gasteiger partial charge on any atom is 0.387 e. The van der Waals surface area contributed by atoms with Gasteiger partial charge in [0.15, 0.2) is 0 Å². The van der Waals surface area contributed by atoms with Crippen LogP contribution in [0.4, 0.5) is 8.78 Å². The van der Waals surface area contributed by atoms with Gasteiger partial charge in [0.05, 0.1) is 11.8 Å². The molecule has 1 N–H and O–H groups in total. The first kappa shape index (κ1) is 19.0. The molecule has 3 unspecified atom stereocenters. The summed E-state index contributed by atoms with van der Waals surface area (Å²) in [6, 6.07) is 5.13. The monoisotopic (exact) mass is 378 g/mol. The van der Waals surface area contributed by atoms with Gasteiger partial charge in [0.2, 0.25) is 17.7 Å². The van der Waals surface area contributed by atoms with Crippen molar-refractivity contribution in [3.8, 4) is 5.75 Å². The lowest BCUT2D eigenvalue weighted by atomic mass is 9.85. The molecule has 1 fully saturated rings. The first-order valence-corrected chi connectivity index (χ1v) is 8.72. The van der Waals surface area contributed by atoms with Gasteiger partial charge in [-0.3, -0.25) is 19.3 Å². The summed E-state index contributed by atoms with van der Waals surface area (Å²) in [5.41, 5.74) is 0.371. The third kappa shape index (κ3) is 3.84. The van der Waals surface area contributed by atoms with Gasteiger partial charge in [-0.15, -0.1) is 0 Å². The Morgan fingerprint density at radius 3 is 2.37 bits per heavy atom. The third-order valence-electron chi connectivity index (χ3n) is 4.95. The topological polar surface area (TPSA) is 75.7 Å². The molecule has 3 rings (SSSR count). The number of imide groups is 1. The lowest BCUT2D eigenvalue weighted by molar-refractivity contribution is -0.147. The standard InChI is InChI=1S/C19H20F2N2O4/c1-11(23-17(25)13-7-3-4-8-14(13)18(23)26)16(24)22-10-12-6-2-5-9-15(12)27-19(20)21/h2-6,9,11,13-14,19H,7-8,10H2,1H3,(H,22,24). The number of rotatable bonds is 6. The van der Waals surface area contributed by atoms with Crippen molar-refractivity contribution in [1.82, 2.24) is 10.2 Å². The first-order valence-electron chi connectivity index (χ1n) is 8.72. The molecule has 27 heavy (non-hydrogen) atoms. The highest BCUT2D eigenvalue weighted by Gasteiger charge is 2.50. The van der Waals surface area contributed by atoms with Crippen molar-refractivity contribution >= 4 is 17.7 Å². The molecule has 144 valence electrons. The highest BCUT2D eigenvalue weighted by Crippen LogP contribution is 2.36. The van der Waals surface area contributed by atoms with E-state index in [-0.39, 0.29) is 24.1 Å². The second-order valence-electron chi connectivity index (χ2n) is 6.58. The van der Waals surface area contributed by atoms with Gasteiger partial charge in [0, 0.05) is 12.1 Å². The lowest BCUT2D eigenvalue weighted by Crippen LogP contribution is -2.48. The van der Waals surface area contributed by atoms with E-state index in [1.165, 1.54) is 13.0 Å². The van der Waals surface area contributed by atoms with Crippen molar-refractivity contribution in [3.63, 3.8) is 0 Å². The summed E-state index contributed by atoms with van der Waals surface area (Å²) < 4.78 is 29.4. The van der Waals surface area contributed by atoms with Crippen LogP contribution in [-0.2, 0) is 20.9 Å². The molecule has 1 heterocycles. The summed E-state index contributed by atoms with van der Waals surface area (Å²) in [5, 5.41) is 2.59. The number of carbonyl (C=O) groups excluding carboxylic acids is 3. The average molecular weight is 378 g/mol. The van der Waals surface area contributed by atoms with Crippen LogP contribution in [0.2, 0.25) is 0 Å². The zero-order valence-corrected chi connectivity index (χ0v) is 14.7. The quantitative estimate of drug-likeness (QED) is 0.609. The van der Waals surface area contributed by atoms with Crippen molar-refractivity contribution in [2.24, 2.45) is 11.8 Å². The number of para-hydroxylation sites is 1. The van der Waals surface area contributed by atoms with Crippen LogP contribution in [0.1, 0.15) is 25.3 Å². The van der Waals surface area contributed by atoms with Crippen LogP contribution in [0.25, 0.3) is 0 Å². The molecule has 6 nitrogen and oxygen atoms in total. The van der Waals surface area contributed by atoms with Gasteiger partial charge in [-0.05, 0) is 25.8 Å². The Morgan fingerprint density at radius 2 is 1.78 bits per heavy atom. The van der Waals surface area contributed by atoms with Gasteiger partial charge >= 0.3 is 6.61 Å². The van der Waals surface area contributed by atoms with E-state index >= 15 is 0 Å². The number of fused-ring (bicyclic) bond motifs is 1. The number of ether oxygens (including phenoxy) is 1. The number of likely N-dealkylation sites (tertiary alicyclic amines) is 1. The van der Waals surface area contributed by atoms with E-state index in [0.29, 0.717) is 18.4 Å². The summed E-state index contributed by atoms with van der Waals surface area (Å²) in [7, 11) is 0. The highest BCUT2D eigenvalue weighted by molar-refractivity contribution is 6.08. The van der Waals surface area contributed by atoms with Crippen LogP contribution in [0.5, 0.6) is 5.75 Å². The van der Waals surface area contributed by atoms with Crippen LogP contribution >= 0.6 is 0 Å². The molecule has 3 amide bonds. The zero-order chi connectivity index (χ0) is 19.6. The molecule has 2 aliphatic rings. The van der Waals surface area contributed by atoms with Crippen LogP contribution in [0.15, 0.2) is 36.4 Å². The Kier molecular flexibility index (Phi) is 5.53. The van der Waals surface area contributed by atoms with Gasteiger partial charge in [-0.1, -0.05) is 30.4 Å². The number of allylic oxidation sites excluding steroid dienone is 2. The normalized spacial score (nSPS) is 22.7. The van der Waals surface area contributed by atoms with Crippen molar-refractivity contribution in [2.75, 3.05) is 0 Å². The molecule has 1 aromatic carbocycles. The summed E-state index contributed by atoms with van der Waals surface area (Å²) in [4.78, 5) is 38.6. The summed E-state index contributed by atoms with van der Waals surface area (Å²) >= 11 is 0. The van der Waals surface area contributed by atoms with Crippen LogP contribution < -0.4 is 10.1 Å². The molecule has 0 spiro atoms. The minimum atomic E-state index is -2.97. The Hall–Kier alpha value is -2.77. The van der Waals surface area contributed by atoms with E-state index in [0.717, 1.165) is 4.90 Å².